The Kier molecular flexibility index (Phi) is 7.63. The Labute approximate surface area is 228 Å². The lowest BCUT2D eigenvalue weighted by Gasteiger charge is -2.18. The maximum absolute atomic E-state index is 13.4. The van der Waals surface area contributed by atoms with Crippen LogP contribution in [0.5, 0.6) is 0 Å². The molecular formula is C29H26FN7O3. The molecule has 0 aliphatic carbocycles. The number of esters is 1. The van der Waals surface area contributed by atoms with Gasteiger partial charge in [0.1, 0.15) is 11.9 Å². The van der Waals surface area contributed by atoms with Gasteiger partial charge in [-0.1, -0.05) is 36.4 Å². The first-order valence-corrected chi connectivity index (χ1v) is 12.5. The van der Waals surface area contributed by atoms with E-state index in [2.05, 4.69) is 30.6 Å². The average Bonchev–Trinajstić information content (AvgIpc) is 3.35. The number of nitrogens with one attached hydrogen (secondary N) is 3. The fourth-order valence-corrected chi connectivity index (χ4v) is 4.18. The number of nitrogens with zero attached hydrogens (tertiary/aromatic N) is 3. The van der Waals surface area contributed by atoms with Crippen LogP contribution in [0.1, 0.15) is 27.3 Å². The number of halogens is 1. The third-order valence-electron chi connectivity index (χ3n) is 6.23. The second-order valence-electron chi connectivity index (χ2n) is 9.08. The molecule has 5 N–H and O–H groups in total. The maximum atomic E-state index is 13.4. The number of nitrogen functional groups attached to an aromatic ring is 1. The Morgan fingerprint density at radius 1 is 1.00 bits per heavy atom. The van der Waals surface area contributed by atoms with Crippen LogP contribution in [0.2, 0.25) is 0 Å². The first-order valence-electron chi connectivity index (χ1n) is 12.5. The van der Waals surface area contributed by atoms with E-state index in [1.165, 1.54) is 24.3 Å². The number of hydrogen-bond acceptors (Lipinski definition) is 8. The van der Waals surface area contributed by atoms with Crippen molar-refractivity contribution in [3.05, 3.63) is 107 Å². The van der Waals surface area contributed by atoms with E-state index >= 15 is 0 Å². The summed E-state index contributed by atoms with van der Waals surface area (Å²) in [5.41, 5.74) is 9.55. The van der Waals surface area contributed by atoms with Crippen molar-refractivity contribution in [1.82, 2.24) is 25.3 Å². The highest BCUT2D eigenvalue weighted by atomic mass is 19.1. The molecule has 0 radical (unpaired) electrons. The van der Waals surface area contributed by atoms with Gasteiger partial charge in [0.2, 0.25) is 11.9 Å². The number of amides is 1. The molecule has 2 aromatic heterocycles. The van der Waals surface area contributed by atoms with Crippen molar-refractivity contribution in [2.45, 2.75) is 26.0 Å². The monoisotopic (exact) mass is 539 g/mol. The number of rotatable bonds is 9. The first-order chi connectivity index (χ1) is 19.4. The molecule has 1 atom stereocenters. The molecule has 5 aromatic rings. The minimum absolute atomic E-state index is 0.0444. The number of ether oxygens (including phenoxy) is 1. The van der Waals surface area contributed by atoms with Crippen LogP contribution in [0.4, 0.5) is 22.0 Å². The highest BCUT2D eigenvalue weighted by Gasteiger charge is 2.25. The molecule has 1 amide bonds. The number of hydrogen-bond donors (Lipinski definition) is 4. The summed E-state index contributed by atoms with van der Waals surface area (Å²) in [6.45, 7) is 1.63. The summed E-state index contributed by atoms with van der Waals surface area (Å²) in [7, 11) is 0. The van der Waals surface area contributed by atoms with Gasteiger partial charge >= 0.3 is 5.97 Å². The van der Waals surface area contributed by atoms with Crippen molar-refractivity contribution < 1.29 is 18.7 Å². The topological polar surface area (TPSA) is 148 Å². The van der Waals surface area contributed by atoms with Crippen LogP contribution in [0.15, 0.2) is 79.0 Å². The molecule has 5 rings (SSSR count). The number of fused-ring (bicyclic) bond motifs is 1. The Morgan fingerprint density at radius 2 is 1.75 bits per heavy atom. The number of para-hydroxylation sites is 2. The lowest BCUT2D eigenvalue weighted by molar-refractivity contribution is -0.147. The van der Waals surface area contributed by atoms with Crippen molar-refractivity contribution in [2.24, 2.45) is 0 Å². The van der Waals surface area contributed by atoms with Crippen molar-refractivity contribution in [2.75, 3.05) is 11.1 Å². The molecule has 0 saturated heterocycles. The molecule has 0 saturated carbocycles. The van der Waals surface area contributed by atoms with Crippen LogP contribution >= 0.6 is 0 Å². The normalized spacial score (nSPS) is 11.7. The first kappa shape index (κ1) is 26.3. The summed E-state index contributed by atoms with van der Waals surface area (Å²) in [6.07, 6.45) is 1.93. The standard InChI is InChI=1S/C29H26FN7O3/c1-17-6-2-4-8-22(17)34-29-36-25(35-28(31)37-29)16-40-27(39)24(33-26(38)18-10-12-20(30)13-11-18)14-19-15-32-23-9-5-3-7-21(19)23/h2-13,15,24,32H,14,16H2,1H3,(H,33,38)(H3,31,34,35,36,37). The SMILES string of the molecule is Cc1ccccc1Nc1nc(N)nc(COC(=O)C(Cc2c[nH]c3ccccc23)NC(=O)c2ccc(F)cc2)n1. The molecule has 0 aliphatic rings. The number of carbonyl (C=O) groups is 2. The van der Waals surface area contributed by atoms with Crippen LogP contribution < -0.4 is 16.4 Å². The Bertz CT molecular complexity index is 1670. The summed E-state index contributed by atoms with van der Waals surface area (Å²) in [5.74, 6) is -1.43. The quantitative estimate of drug-likeness (QED) is 0.204. The number of carbonyl (C=O) groups excluding carboxylic acids is 2. The molecule has 3 aromatic carbocycles. The van der Waals surface area contributed by atoms with Gasteiger partial charge in [-0.25, -0.2) is 9.18 Å². The molecule has 0 spiro atoms. The van der Waals surface area contributed by atoms with Gasteiger partial charge in [0.15, 0.2) is 12.4 Å². The molecule has 0 fully saturated rings. The molecule has 10 nitrogen and oxygen atoms in total. The molecule has 202 valence electrons. The van der Waals surface area contributed by atoms with Crippen LogP contribution in [0, 0.1) is 12.7 Å². The fraction of sp³-hybridized carbons (Fsp3) is 0.138. The van der Waals surface area contributed by atoms with E-state index in [-0.39, 0.29) is 36.3 Å². The number of nitrogens with two attached hydrogens (primary N) is 1. The number of aryl methyl sites for hydroxylation is 1. The summed E-state index contributed by atoms with van der Waals surface area (Å²) in [4.78, 5) is 41.9. The highest BCUT2D eigenvalue weighted by molar-refractivity contribution is 5.97. The third-order valence-corrected chi connectivity index (χ3v) is 6.23. The molecule has 0 bridgehead atoms. The lowest BCUT2D eigenvalue weighted by atomic mass is 10.0. The van der Waals surface area contributed by atoms with E-state index in [1.54, 1.807) is 6.20 Å². The van der Waals surface area contributed by atoms with Gasteiger partial charge in [-0.3, -0.25) is 4.79 Å². The molecular weight excluding hydrogens is 513 g/mol. The average molecular weight is 540 g/mol. The van der Waals surface area contributed by atoms with Crippen LogP contribution in [0.3, 0.4) is 0 Å². The third kappa shape index (κ3) is 6.21. The highest BCUT2D eigenvalue weighted by Crippen LogP contribution is 2.21. The summed E-state index contributed by atoms with van der Waals surface area (Å²) < 4.78 is 18.9. The number of aromatic nitrogens is 4. The van der Waals surface area contributed by atoms with Crippen molar-refractivity contribution >= 4 is 40.4 Å². The van der Waals surface area contributed by atoms with E-state index in [1.807, 2.05) is 55.5 Å². The Balaban J connectivity index is 1.33. The second-order valence-corrected chi connectivity index (χ2v) is 9.08. The van der Waals surface area contributed by atoms with Gasteiger partial charge < -0.3 is 26.1 Å². The van der Waals surface area contributed by atoms with Gasteiger partial charge in [0.05, 0.1) is 0 Å². The van der Waals surface area contributed by atoms with Crippen molar-refractivity contribution in [3.8, 4) is 0 Å². The smallest absolute Gasteiger partial charge is 0.329 e. The van der Waals surface area contributed by atoms with Gasteiger partial charge in [-0.05, 0) is 54.4 Å². The van der Waals surface area contributed by atoms with E-state index in [4.69, 9.17) is 10.5 Å². The zero-order valence-corrected chi connectivity index (χ0v) is 21.5. The Hall–Kier alpha value is -5.32. The van der Waals surface area contributed by atoms with Crippen molar-refractivity contribution in [1.29, 1.82) is 0 Å². The lowest BCUT2D eigenvalue weighted by Crippen LogP contribution is -2.43. The van der Waals surface area contributed by atoms with Crippen LogP contribution in [-0.4, -0.2) is 37.9 Å². The second kappa shape index (κ2) is 11.6. The molecule has 11 heteroatoms. The predicted molar refractivity (Wildman–Crippen MR) is 148 cm³/mol. The molecule has 0 aliphatic heterocycles. The van der Waals surface area contributed by atoms with Crippen molar-refractivity contribution in [3.63, 3.8) is 0 Å². The van der Waals surface area contributed by atoms with Gasteiger partial charge in [0.25, 0.3) is 5.91 Å². The minimum Gasteiger partial charge on any atom is -0.456 e. The van der Waals surface area contributed by atoms with Gasteiger partial charge in [0, 0.05) is 34.8 Å². The van der Waals surface area contributed by atoms with E-state index in [9.17, 15) is 14.0 Å². The number of aromatic amines is 1. The van der Waals surface area contributed by atoms with Crippen LogP contribution in [-0.2, 0) is 22.6 Å². The number of benzene rings is 3. The van der Waals surface area contributed by atoms with E-state index < -0.39 is 23.7 Å². The summed E-state index contributed by atoms with van der Waals surface area (Å²) in [6, 6.07) is 19.2. The largest absolute Gasteiger partial charge is 0.456 e. The zero-order valence-electron chi connectivity index (χ0n) is 21.5. The Morgan fingerprint density at radius 3 is 2.55 bits per heavy atom. The molecule has 40 heavy (non-hydrogen) atoms. The summed E-state index contributed by atoms with van der Waals surface area (Å²) in [5, 5.41) is 6.71. The van der Waals surface area contributed by atoms with Gasteiger partial charge in [-0.15, -0.1) is 0 Å². The fourth-order valence-electron chi connectivity index (χ4n) is 4.18. The summed E-state index contributed by atoms with van der Waals surface area (Å²) >= 11 is 0. The number of anilines is 3. The van der Waals surface area contributed by atoms with Crippen LogP contribution in [0.25, 0.3) is 10.9 Å². The van der Waals surface area contributed by atoms with E-state index in [0.717, 1.165) is 27.7 Å². The minimum atomic E-state index is -1.06. The molecule has 1 unspecified atom stereocenters. The molecule has 2 heterocycles. The predicted octanol–water partition coefficient (Wildman–Crippen LogP) is 4.21. The maximum Gasteiger partial charge on any atom is 0.329 e. The van der Waals surface area contributed by atoms with E-state index in [0.29, 0.717) is 0 Å². The number of H-pyrrole nitrogens is 1. The zero-order chi connectivity index (χ0) is 28.1. The van der Waals surface area contributed by atoms with Gasteiger partial charge in [-0.2, -0.15) is 15.0 Å².